The van der Waals surface area contributed by atoms with Crippen molar-refractivity contribution in [3.05, 3.63) is 16.0 Å². The number of aryl methyl sites for hydroxylation is 1. The molecule has 1 aliphatic heterocycles. The molecule has 7 heteroatoms. The number of amides is 3. The number of nitrogens with zero attached hydrogens (tertiary/aromatic N) is 2. The molecule has 0 radical (unpaired) electrons. The van der Waals surface area contributed by atoms with Gasteiger partial charge in [-0.1, -0.05) is 19.3 Å². The second kappa shape index (κ2) is 8.04. The number of imide groups is 1. The molecule has 0 unspecified atom stereocenters. The lowest BCUT2D eigenvalue weighted by Crippen LogP contribution is -2.34. The van der Waals surface area contributed by atoms with Crippen LogP contribution in [0.4, 0.5) is 5.00 Å². The van der Waals surface area contributed by atoms with Crippen LogP contribution in [-0.2, 0) is 27.2 Å². The number of carbonyl (C=O) groups excluding carboxylic acids is 3. The van der Waals surface area contributed by atoms with Crippen molar-refractivity contribution in [2.24, 2.45) is 11.8 Å². The van der Waals surface area contributed by atoms with E-state index in [0.29, 0.717) is 10.6 Å². The summed E-state index contributed by atoms with van der Waals surface area (Å²) in [6.07, 6.45) is 8.85. The Hall–Kier alpha value is -2.20. The van der Waals surface area contributed by atoms with Crippen molar-refractivity contribution in [1.82, 2.24) is 4.90 Å². The molecule has 1 aromatic heterocycles. The highest BCUT2D eigenvalue weighted by Gasteiger charge is 2.47. The van der Waals surface area contributed by atoms with Gasteiger partial charge in [0.15, 0.2) is 0 Å². The van der Waals surface area contributed by atoms with Gasteiger partial charge in [-0.25, -0.2) is 0 Å². The van der Waals surface area contributed by atoms with Gasteiger partial charge in [0.2, 0.25) is 17.7 Å². The fraction of sp³-hybridized carbons (Fsp3) is 0.619. The Morgan fingerprint density at radius 3 is 2.43 bits per heavy atom. The normalized spacial score (nSPS) is 24.3. The summed E-state index contributed by atoms with van der Waals surface area (Å²) in [5.74, 6) is -0.820. The van der Waals surface area contributed by atoms with Crippen LogP contribution >= 0.6 is 11.3 Å². The molecular formula is C21H25N3O3S. The molecule has 1 N–H and O–H groups in total. The third kappa shape index (κ3) is 3.46. The van der Waals surface area contributed by atoms with Gasteiger partial charge in [-0.15, -0.1) is 11.3 Å². The quantitative estimate of drug-likeness (QED) is 0.621. The predicted molar refractivity (Wildman–Crippen MR) is 106 cm³/mol. The van der Waals surface area contributed by atoms with E-state index in [1.165, 1.54) is 27.5 Å². The fourth-order valence-corrected chi connectivity index (χ4v) is 6.06. The lowest BCUT2D eigenvalue weighted by molar-refractivity contribution is -0.140. The minimum atomic E-state index is -0.247. The molecule has 3 amide bonds. The van der Waals surface area contributed by atoms with Crippen molar-refractivity contribution in [2.75, 3.05) is 11.9 Å². The molecule has 1 saturated carbocycles. The number of fused-ring (bicyclic) bond motifs is 2. The summed E-state index contributed by atoms with van der Waals surface area (Å²) < 4.78 is 0. The number of thiophene rings is 1. The maximum absolute atomic E-state index is 12.5. The monoisotopic (exact) mass is 399 g/mol. The molecule has 0 bridgehead atoms. The first-order valence-electron chi connectivity index (χ1n) is 10.3. The summed E-state index contributed by atoms with van der Waals surface area (Å²) in [5.41, 5.74) is 1.68. The topological polar surface area (TPSA) is 90.3 Å². The zero-order valence-corrected chi connectivity index (χ0v) is 16.8. The highest BCUT2D eigenvalue weighted by atomic mass is 32.1. The number of anilines is 1. The van der Waals surface area contributed by atoms with Crippen LogP contribution in [0, 0.1) is 23.2 Å². The van der Waals surface area contributed by atoms with E-state index >= 15 is 0 Å². The second-order valence-electron chi connectivity index (χ2n) is 8.00. The number of likely N-dealkylation sites (tertiary alicyclic amines) is 1. The van der Waals surface area contributed by atoms with Gasteiger partial charge in [0, 0.05) is 17.8 Å². The lowest BCUT2D eigenvalue weighted by atomic mass is 9.81. The SMILES string of the molecule is N#Cc1c(NC(=O)CCN2C(=O)[C@@H]3CCCC[C@H]3C2=O)sc2c1CCCCC2. The van der Waals surface area contributed by atoms with Crippen molar-refractivity contribution in [3.63, 3.8) is 0 Å². The molecule has 2 atom stereocenters. The average Bonchev–Trinajstić information content (AvgIpc) is 3.02. The molecule has 3 aliphatic rings. The Morgan fingerprint density at radius 1 is 1.07 bits per heavy atom. The minimum Gasteiger partial charge on any atom is -0.317 e. The summed E-state index contributed by atoms with van der Waals surface area (Å²) in [6.45, 7) is 0.128. The summed E-state index contributed by atoms with van der Waals surface area (Å²) in [5, 5.41) is 13.0. The van der Waals surface area contributed by atoms with Crippen LogP contribution < -0.4 is 5.32 Å². The van der Waals surface area contributed by atoms with E-state index in [0.717, 1.165) is 56.9 Å². The van der Waals surface area contributed by atoms with Gasteiger partial charge >= 0.3 is 0 Å². The number of nitriles is 1. The van der Waals surface area contributed by atoms with Gasteiger partial charge in [0.05, 0.1) is 17.4 Å². The Kier molecular flexibility index (Phi) is 5.49. The standard InChI is InChI=1S/C21H25N3O3S/c22-12-16-13-6-2-1-3-9-17(13)28-19(16)23-18(25)10-11-24-20(26)14-7-4-5-8-15(14)21(24)27/h14-15H,1-11H2,(H,23,25)/t14-,15-/m1/s1. The summed E-state index contributed by atoms with van der Waals surface area (Å²) in [4.78, 5) is 40.0. The van der Waals surface area contributed by atoms with Gasteiger partial charge in [0.25, 0.3) is 0 Å². The third-order valence-corrected chi connectivity index (χ3v) is 7.49. The van der Waals surface area contributed by atoms with Crippen LogP contribution in [-0.4, -0.2) is 29.2 Å². The summed E-state index contributed by atoms with van der Waals surface area (Å²) >= 11 is 1.50. The summed E-state index contributed by atoms with van der Waals surface area (Å²) in [6, 6.07) is 2.26. The van der Waals surface area contributed by atoms with Crippen LogP contribution in [0.5, 0.6) is 0 Å². The molecule has 2 fully saturated rings. The minimum absolute atomic E-state index is 0.0738. The highest BCUT2D eigenvalue weighted by Crippen LogP contribution is 2.39. The van der Waals surface area contributed by atoms with Crippen molar-refractivity contribution < 1.29 is 14.4 Å². The number of carbonyl (C=O) groups is 3. The van der Waals surface area contributed by atoms with Crippen LogP contribution in [0.2, 0.25) is 0 Å². The van der Waals surface area contributed by atoms with Gasteiger partial charge in [-0.3, -0.25) is 19.3 Å². The maximum atomic E-state index is 12.5. The van der Waals surface area contributed by atoms with Crippen LogP contribution in [0.25, 0.3) is 0 Å². The molecule has 2 aliphatic carbocycles. The lowest BCUT2D eigenvalue weighted by Gasteiger charge is -2.19. The zero-order valence-electron chi connectivity index (χ0n) is 16.0. The predicted octanol–water partition coefficient (Wildman–Crippen LogP) is 3.39. The molecule has 6 nitrogen and oxygen atoms in total. The zero-order chi connectivity index (χ0) is 19.7. The summed E-state index contributed by atoms with van der Waals surface area (Å²) in [7, 11) is 0. The Bertz CT molecular complexity index is 830. The van der Waals surface area contributed by atoms with Gasteiger partial charge in [-0.2, -0.15) is 5.26 Å². The fourth-order valence-electron chi connectivity index (χ4n) is 4.80. The van der Waals surface area contributed by atoms with Crippen molar-refractivity contribution >= 4 is 34.1 Å². The molecule has 2 heterocycles. The number of nitrogens with one attached hydrogen (secondary N) is 1. The number of hydrogen-bond acceptors (Lipinski definition) is 5. The van der Waals surface area contributed by atoms with E-state index in [9.17, 15) is 19.6 Å². The first-order chi connectivity index (χ1) is 13.6. The number of rotatable bonds is 4. The smallest absolute Gasteiger partial charge is 0.233 e. The van der Waals surface area contributed by atoms with Gasteiger partial charge in [0.1, 0.15) is 11.1 Å². The highest BCUT2D eigenvalue weighted by molar-refractivity contribution is 7.16. The van der Waals surface area contributed by atoms with Crippen LogP contribution in [0.15, 0.2) is 0 Å². The van der Waals surface area contributed by atoms with E-state index in [-0.39, 0.29) is 42.5 Å². The molecule has 0 spiro atoms. The van der Waals surface area contributed by atoms with E-state index in [2.05, 4.69) is 11.4 Å². The van der Waals surface area contributed by atoms with Crippen LogP contribution in [0.1, 0.15) is 67.4 Å². The Morgan fingerprint density at radius 2 is 1.75 bits per heavy atom. The Labute approximate surface area is 168 Å². The molecule has 1 aromatic rings. The molecule has 28 heavy (non-hydrogen) atoms. The Balaban J connectivity index is 1.40. The van der Waals surface area contributed by atoms with Gasteiger partial charge < -0.3 is 5.32 Å². The van der Waals surface area contributed by atoms with Crippen molar-refractivity contribution in [2.45, 2.75) is 64.2 Å². The van der Waals surface area contributed by atoms with Crippen LogP contribution in [0.3, 0.4) is 0 Å². The van der Waals surface area contributed by atoms with Crippen molar-refractivity contribution in [3.8, 4) is 6.07 Å². The van der Waals surface area contributed by atoms with E-state index in [1.54, 1.807) is 0 Å². The van der Waals surface area contributed by atoms with E-state index in [1.807, 2.05) is 0 Å². The second-order valence-corrected chi connectivity index (χ2v) is 9.11. The molecule has 148 valence electrons. The molecule has 0 aromatic carbocycles. The number of hydrogen-bond donors (Lipinski definition) is 1. The molecular weight excluding hydrogens is 374 g/mol. The van der Waals surface area contributed by atoms with Gasteiger partial charge in [-0.05, 0) is 44.1 Å². The first kappa shape index (κ1) is 19.1. The van der Waals surface area contributed by atoms with E-state index in [4.69, 9.17) is 0 Å². The average molecular weight is 400 g/mol. The van der Waals surface area contributed by atoms with E-state index < -0.39 is 0 Å². The first-order valence-corrected chi connectivity index (χ1v) is 11.1. The van der Waals surface area contributed by atoms with Crippen molar-refractivity contribution in [1.29, 1.82) is 5.26 Å². The largest absolute Gasteiger partial charge is 0.317 e. The third-order valence-electron chi connectivity index (χ3n) is 6.28. The maximum Gasteiger partial charge on any atom is 0.233 e. The molecule has 1 saturated heterocycles. The molecule has 4 rings (SSSR count).